The second kappa shape index (κ2) is 3.18. The summed E-state index contributed by atoms with van der Waals surface area (Å²) in [4.78, 5) is 0. The fourth-order valence-corrected chi connectivity index (χ4v) is 3.27. The third-order valence-corrected chi connectivity index (χ3v) is 3.76. The number of rotatable bonds is 0. The zero-order valence-electron chi connectivity index (χ0n) is 8.77. The van der Waals surface area contributed by atoms with E-state index < -0.39 is 0 Å². The van der Waals surface area contributed by atoms with Crippen LogP contribution in [0.4, 0.5) is 11.4 Å². The van der Waals surface area contributed by atoms with Crippen molar-refractivity contribution in [2.24, 2.45) is 0 Å². The van der Waals surface area contributed by atoms with E-state index in [0.29, 0.717) is 22.1 Å². The molecule has 0 aliphatic carbocycles. The zero-order chi connectivity index (χ0) is 12.2. The van der Waals surface area contributed by atoms with Crippen LogP contribution in [-0.2, 0) is 0 Å². The number of hydrogen-bond acceptors (Lipinski definition) is 5. The summed E-state index contributed by atoms with van der Waals surface area (Å²) in [7, 11) is 0. The van der Waals surface area contributed by atoms with Gasteiger partial charge in [0.15, 0.2) is 0 Å². The summed E-state index contributed by atoms with van der Waals surface area (Å²) in [5.41, 5.74) is 12.3. The SMILES string of the molecule is Nc1cc(O)c2c(c1)sc1cc(N)cc(O)c12. The molecule has 0 aliphatic heterocycles. The molecule has 0 radical (unpaired) electrons. The number of nitrogen functional groups attached to an aromatic ring is 2. The Morgan fingerprint density at radius 3 is 1.59 bits per heavy atom. The number of phenolic OH excluding ortho intramolecular Hbond substituents is 2. The summed E-state index contributed by atoms with van der Waals surface area (Å²) in [6, 6.07) is 6.50. The van der Waals surface area contributed by atoms with Crippen LogP contribution in [0.3, 0.4) is 0 Å². The minimum absolute atomic E-state index is 0.0753. The average molecular weight is 246 g/mol. The maximum atomic E-state index is 9.92. The third-order valence-electron chi connectivity index (χ3n) is 2.68. The van der Waals surface area contributed by atoms with Gasteiger partial charge in [-0.1, -0.05) is 0 Å². The lowest BCUT2D eigenvalue weighted by Crippen LogP contribution is -1.84. The number of fused-ring (bicyclic) bond motifs is 3. The first-order valence-electron chi connectivity index (χ1n) is 4.99. The van der Waals surface area contributed by atoms with Crippen molar-refractivity contribution in [2.45, 2.75) is 0 Å². The summed E-state index contributed by atoms with van der Waals surface area (Å²) in [5, 5.41) is 21.1. The largest absolute Gasteiger partial charge is 0.507 e. The molecule has 0 saturated heterocycles. The van der Waals surface area contributed by atoms with Gasteiger partial charge in [0, 0.05) is 43.7 Å². The van der Waals surface area contributed by atoms with Crippen LogP contribution in [0.15, 0.2) is 24.3 Å². The van der Waals surface area contributed by atoms with Gasteiger partial charge in [-0.2, -0.15) is 0 Å². The Kier molecular flexibility index (Phi) is 1.88. The molecule has 3 rings (SSSR count). The van der Waals surface area contributed by atoms with Gasteiger partial charge < -0.3 is 21.7 Å². The topological polar surface area (TPSA) is 92.5 Å². The average Bonchev–Trinajstić information content (AvgIpc) is 2.55. The maximum Gasteiger partial charge on any atom is 0.127 e. The standard InChI is InChI=1S/C12H10N2O2S/c13-5-1-7(15)11-9(3-5)17-10-4-6(14)2-8(16)12(10)11/h1-4,15-16H,13-14H2. The number of phenols is 2. The summed E-state index contributed by atoms with van der Waals surface area (Å²) < 4.78 is 1.66. The monoisotopic (exact) mass is 246 g/mol. The van der Waals surface area contributed by atoms with Crippen molar-refractivity contribution in [3.8, 4) is 11.5 Å². The Labute approximate surface area is 101 Å². The van der Waals surface area contributed by atoms with Gasteiger partial charge in [-0.05, 0) is 12.1 Å². The third kappa shape index (κ3) is 1.36. The normalized spacial score (nSPS) is 11.3. The van der Waals surface area contributed by atoms with Gasteiger partial charge in [-0.15, -0.1) is 11.3 Å². The summed E-state index contributed by atoms with van der Waals surface area (Å²) in [6.07, 6.45) is 0. The first kappa shape index (κ1) is 10.0. The number of benzene rings is 2. The van der Waals surface area contributed by atoms with E-state index in [1.165, 1.54) is 23.5 Å². The molecule has 0 bridgehead atoms. The molecule has 17 heavy (non-hydrogen) atoms. The summed E-state index contributed by atoms with van der Waals surface area (Å²) in [6.45, 7) is 0. The molecule has 4 nitrogen and oxygen atoms in total. The molecule has 0 amide bonds. The van der Waals surface area contributed by atoms with Gasteiger partial charge in [-0.25, -0.2) is 0 Å². The molecular formula is C12H10N2O2S. The van der Waals surface area contributed by atoms with Crippen molar-refractivity contribution in [1.29, 1.82) is 0 Å². The van der Waals surface area contributed by atoms with E-state index in [0.717, 1.165) is 9.40 Å². The Morgan fingerprint density at radius 1 is 0.765 bits per heavy atom. The fourth-order valence-electron chi connectivity index (χ4n) is 2.02. The highest BCUT2D eigenvalue weighted by Crippen LogP contribution is 2.44. The van der Waals surface area contributed by atoms with Crippen LogP contribution >= 0.6 is 11.3 Å². The van der Waals surface area contributed by atoms with Crippen molar-refractivity contribution in [1.82, 2.24) is 0 Å². The molecule has 0 saturated carbocycles. The minimum Gasteiger partial charge on any atom is -0.507 e. The van der Waals surface area contributed by atoms with Crippen LogP contribution in [0.2, 0.25) is 0 Å². The van der Waals surface area contributed by atoms with Crippen molar-refractivity contribution in [3.63, 3.8) is 0 Å². The van der Waals surface area contributed by atoms with Crippen LogP contribution in [0.5, 0.6) is 11.5 Å². The number of aromatic hydroxyl groups is 2. The molecule has 0 atom stereocenters. The first-order chi connectivity index (χ1) is 8.06. The Morgan fingerprint density at radius 2 is 1.18 bits per heavy atom. The van der Waals surface area contributed by atoms with E-state index in [9.17, 15) is 10.2 Å². The van der Waals surface area contributed by atoms with Gasteiger partial charge in [0.25, 0.3) is 0 Å². The molecule has 1 heterocycles. The van der Waals surface area contributed by atoms with Crippen molar-refractivity contribution >= 4 is 42.9 Å². The molecule has 0 spiro atoms. The second-order valence-electron chi connectivity index (χ2n) is 3.93. The van der Waals surface area contributed by atoms with E-state index in [4.69, 9.17) is 11.5 Å². The van der Waals surface area contributed by atoms with Crippen LogP contribution in [0.1, 0.15) is 0 Å². The molecule has 0 aliphatic rings. The van der Waals surface area contributed by atoms with Crippen LogP contribution in [-0.4, -0.2) is 10.2 Å². The number of hydrogen-bond donors (Lipinski definition) is 4. The van der Waals surface area contributed by atoms with Gasteiger partial charge in [-0.3, -0.25) is 0 Å². The van der Waals surface area contributed by atoms with Gasteiger partial charge >= 0.3 is 0 Å². The highest BCUT2D eigenvalue weighted by atomic mass is 32.1. The quantitative estimate of drug-likeness (QED) is 0.459. The zero-order valence-corrected chi connectivity index (χ0v) is 9.58. The molecule has 1 aromatic heterocycles. The molecule has 6 N–H and O–H groups in total. The van der Waals surface area contributed by atoms with Crippen LogP contribution in [0, 0.1) is 0 Å². The summed E-state index contributed by atoms with van der Waals surface area (Å²) >= 11 is 1.44. The second-order valence-corrected chi connectivity index (χ2v) is 5.01. The summed E-state index contributed by atoms with van der Waals surface area (Å²) in [5.74, 6) is 0.151. The lowest BCUT2D eigenvalue weighted by atomic mass is 10.1. The highest BCUT2D eigenvalue weighted by Gasteiger charge is 2.13. The first-order valence-corrected chi connectivity index (χ1v) is 5.81. The van der Waals surface area contributed by atoms with E-state index in [1.807, 2.05) is 0 Å². The molecule has 2 aromatic carbocycles. The number of anilines is 2. The lowest BCUT2D eigenvalue weighted by Gasteiger charge is -2.01. The molecule has 0 unspecified atom stereocenters. The Balaban J connectivity index is 2.60. The Hall–Kier alpha value is -2.14. The molecule has 5 heteroatoms. The molecule has 86 valence electrons. The number of thiophene rings is 1. The number of nitrogens with two attached hydrogens (primary N) is 2. The van der Waals surface area contributed by atoms with Crippen molar-refractivity contribution in [2.75, 3.05) is 11.5 Å². The van der Waals surface area contributed by atoms with Crippen molar-refractivity contribution in [3.05, 3.63) is 24.3 Å². The smallest absolute Gasteiger partial charge is 0.127 e. The molecular weight excluding hydrogens is 236 g/mol. The van der Waals surface area contributed by atoms with Gasteiger partial charge in [0.2, 0.25) is 0 Å². The maximum absolute atomic E-state index is 9.92. The molecule has 0 fully saturated rings. The minimum atomic E-state index is 0.0753. The van der Waals surface area contributed by atoms with Gasteiger partial charge in [0.1, 0.15) is 11.5 Å². The van der Waals surface area contributed by atoms with E-state index in [1.54, 1.807) is 12.1 Å². The van der Waals surface area contributed by atoms with Crippen LogP contribution in [0.25, 0.3) is 20.2 Å². The van der Waals surface area contributed by atoms with Crippen LogP contribution < -0.4 is 11.5 Å². The van der Waals surface area contributed by atoms with E-state index in [2.05, 4.69) is 0 Å². The fraction of sp³-hybridized carbons (Fsp3) is 0. The van der Waals surface area contributed by atoms with Gasteiger partial charge in [0.05, 0.1) is 0 Å². The Bertz CT molecular complexity index is 687. The van der Waals surface area contributed by atoms with E-state index in [-0.39, 0.29) is 11.5 Å². The molecule has 3 aromatic rings. The predicted octanol–water partition coefficient (Wildman–Crippen LogP) is 2.63. The highest BCUT2D eigenvalue weighted by molar-refractivity contribution is 7.26. The van der Waals surface area contributed by atoms with Crippen molar-refractivity contribution < 1.29 is 10.2 Å². The lowest BCUT2D eigenvalue weighted by molar-refractivity contribution is 0.477. The predicted molar refractivity (Wildman–Crippen MR) is 71.5 cm³/mol. The van der Waals surface area contributed by atoms with E-state index >= 15 is 0 Å².